The van der Waals surface area contributed by atoms with Gasteiger partial charge in [-0.05, 0) is 42.3 Å². The Morgan fingerprint density at radius 3 is 2.78 bits per heavy atom. The molecule has 0 spiro atoms. The van der Waals surface area contributed by atoms with Gasteiger partial charge in [0.25, 0.3) is 0 Å². The Labute approximate surface area is 187 Å². The molecular formula is C25H25N5O2. The maximum absolute atomic E-state index is 5.90. The van der Waals surface area contributed by atoms with Gasteiger partial charge in [-0.25, -0.2) is 9.97 Å². The van der Waals surface area contributed by atoms with Crippen LogP contribution in [0.25, 0.3) is 22.0 Å². The molecule has 4 aromatic rings. The van der Waals surface area contributed by atoms with Crippen molar-refractivity contribution in [2.75, 3.05) is 25.6 Å². The van der Waals surface area contributed by atoms with E-state index in [9.17, 15) is 0 Å². The second-order valence-electron chi connectivity index (χ2n) is 7.32. The van der Waals surface area contributed by atoms with E-state index in [1.54, 1.807) is 18.0 Å². The molecule has 32 heavy (non-hydrogen) atoms. The van der Waals surface area contributed by atoms with Crippen LogP contribution in [0.1, 0.15) is 18.9 Å². The largest absolute Gasteiger partial charge is 0.494 e. The fraction of sp³-hybridized carbons (Fsp3) is 0.240. The van der Waals surface area contributed by atoms with Crippen molar-refractivity contribution in [2.24, 2.45) is 7.05 Å². The summed E-state index contributed by atoms with van der Waals surface area (Å²) >= 11 is 0. The molecule has 2 aromatic heterocycles. The number of hydrogen-bond acceptors (Lipinski definition) is 6. The number of nitrogens with zero attached hydrogens (tertiary/aromatic N) is 4. The molecule has 4 rings (SSSR count). The van der Waals surface area contributed by atoms with Crippen molar-refractivity contribution in [3.8, 4) is 28.7 Å². The monoisotopic (exact) mass is 427 g/mol. The normalized spacial score (nSPS) is 10.6. The number of benzene rings is 2. The summed E-state index contributed by atoms with van der Waals surface area (Å²) in [6, 6.07) is 11.9. The Morgan fingerprint density at radius 2 is 2.00 bits per heavy atom. The van der Waals surface area contributed by atoms with E-state index in [4.69, 9.17) is 9.47 Å². The SMILES string of the molecule is CCCOc1cc(Nc2ncc3cc(C#CCOC)ccc3n2)cc(-c2cnn(C)c2)c1. The van der Waals surface area contributed by atoms with Crippen LogP contribution >= 0.6 is 0 Å². The molecule has 7 nitrogen and oxygen atoms in total. The summed E-state index contributed by atoms with van der Waals surface area (Å²) in [5.74, 6) is 7.33. The number of methoxy groups -OCH3 is 1. The highest BCUT2D eigenvalue weighted by Crippen LogP contribution is 2.30. The summed E-state index contributed by atoms with van der Waals surface area (Å²) < 4.78 is 12.6. The van der Waals surface area contributed by atoms with Crippen LogP contribution in [0.3, 0.4) is 0 Å². The van der Waals surface area contributed by atoms with Crippen LogP contribution in [-0.2, 0) is 11.8 Å². The average Bonchev–Trinajstić information content (AvgIpc) is 3.24. The molecule has 0 saturated heterocycles. The van der Waals surface area contributed by atoms with Crippen LogP contribution in [-0.4, -0.2) is 40.1 Å². The van der Waals surface area contributed by atoms with E-state index in [-0.39, 0.29) is 0 Å². The smallest absolute Gasteiger partial charge is 0.227 e. The van der Waals surface area contributed by atoms with Gasteiger partial charge >= 0.3 is 0 Å². The molecule has 0 saturated carbocycles. The van der Waals surface area contributed by atoms with Crippen LogP contribution in [0.15, 0.2) is 55.0 Å². The van der Waals surface area contributed by atoms with Crippen LogP contribution < -0.4 is 10.1 Å². The molecule has 0 aliphatic carbocycles. The summed E-state index contributed by atoms with van der Waals surface area (Å²) in [6.45, 7) is 3.14. The van der Waals surface area contributed by atoms with Gasteiger partial charge in [-0.1, -0.05) is 18.8 Å². The maximum Gasteiger partial charge on any atom is 0.227 e. The first-order valence-electron chi connectivity index (χ1n) is 10.4. The minimum absolute atomic E-state index is 0.402. The number of nitrogens with one attached hydrogen (secondary N) is 1. The fourth-order valence-electron chi connectivity index (χ4n) is 3.22. The molecule has 1 N–H and O–H groups in total. The van der Waals surface area contributed by atoms with Gasteiger partial charge in [0, 0.05) is 54.8 Å². The quantitative estimate of drug-likeness (QED) is 0.436. The summed E-state index contributed by atoms with van der Waals surface area (Å²) in [5, 5.41) is 8.52. The molecule has 2 heterocycles. The van der Waals surface area contributed by atoms with Crippen LogP contribution in [0.5, 0.6) is 5.75 Å². The molecule has 0 aliphatic heterocycles. The van der Waals surface area contributed by atoms with Crippen LogP contribution in [0.2, 0.25) is 0 Å². The molecule has 0 fully saturated rings. The lowest BCUT2D eigenvalue weighted by Crippen LogP contribution is -2.00. The number of aromatic nitrogens is 4. The van der Waals surface area contributed by atoms with Crippen molar-refractivity contribution < 1.29 is 9.47 Å². The first-order valence-corrected chi connectivity index (χ1v) is 10.4. The van der Waals surface area contributed by atoms with Gasteiger partial charge < -0.3 is 14.8 Å². The van der Waals surface area contributed by atoms with Gasteiger partial charge in [0.1, 0.15) is 12.4 Å². The second kappa shape index (κ2) is 9.94. The summed E-state index contributed by atoms with van der Waals surface area (Å²) in [7, 11) is 3.53. The molecule has 0 atom stereocenters. The van der Waals surface area contributed by atoms with Crippen LogP contribution in [0, 0.1) is 11.8 Å². The molecule has 0 bridgehead atoms. The van der Waals surface area contributed by atoms with E-state index >= 15 is 0 Å². The Hall–Kier alpha value is -3.89. The molecule has 162 valence electrons. The van der Waals surface area contributed by atoms with Crippen molar-refractivity contribution in [1.82, 2.24) is 19.7 Å². The molecular weight excluding hydrogens is 402 g/mol. The number of anilines is 2. The lowest BCUT2D eigenvalue weighted by Gasteiger charge is -2.11. The predicted octanol–water partition coefficient (Wildman–Crippen LogP) is 4.56. The van der Waals surface area contributed by atoms with Crippen molar-refractivity contribution >= 4 is 22.5 Å². The van der Waals surface area contributed by atoms with Crippen molar-refractivity contribution in [3.05, 3.63) is 60.6 Å². The second-order valence-corrected chi connectivity index (χ2v) is 7.32. The molecule has 0 unspecified atom stereocenters. The zero-order valence-corrected chi connectivity index (χ0v) is 18.4. The molecule has 0 radical (unpaired) electrons. The number of fused-ring (bicyclic) bond motifs is 1. The van der Waals surface area contributed by atoms with Gasteiger partial charge in [0.05, 0.1) is 18.3 Å². The van der Waals surface area contributed by atoms with E-state index in [1.165, 1.54) is 0 Å². The van der Waals surface area contributed by atoms with Gasteiger partial charge in [0.15, 0.2) is 0 Å². The lowest BCUT2D eigenvalue weighted by molar-refractivity contribution is 0.240. The first kappa shape index (κ1) is 21.3. The molecule has 7 heteroatoms. The highest BCUT2D eigenvalue weighted by atomic mass is 16.5. The van der Waals surface area contributed by atoms with Gasteiger partial charge in [-0.2, -0.15) is 5.10 Å². The average molecular weight is 428 g/mol. The standard InChI is InChI=1S/C25H25N5O2/c1-4-9-32-23-13-19(21-16-27-30(2)17-21)12-22(14-23)28-25-26-15-20-11-18(6-5-10-31-3)7-8-24(20)29-25/h7-8,11-17H,4,9-10H2,1-3H3,(H,26,28,29). The third-order valence-corrected chi connectivity index (χ3v) is 4.70. The van der Waals surface area contributed by atoms with Gasteiger partial charge in [-0.15, -0.1) is 0 Å². The Kier molecular flexibility index (Phi) is 6.63. The van der Waals surface area contributed by atoms with Crippen molar-refractivity contribution in [3.63, 3.8) is 0 Å². The summed E-state index contributed by atoms with van der Waals surface area (Å²) in [4.78, 5) is 9.14. The van der Waals surface area contributed by atoms with E-state index < -0.39 is 0 Å². The Bertz CT molecular complexity index is 1290. The van der Waals surface area contributed by atoms with E-state index in [0.717, 1.165) is 45.5 Å². The van der Waals surface area contributed by atoms with E-state index in [2.05, 4.69) is 39.1 Å². The zero-order chi connectivity index (χ0) is 22.3. The number of rotatable bonds is 7. The fourth-order valence-corrected chi connectivity index (χ4v) is 3.22. The third kappa shape index (κ3) is 5.23. The van der Waals surface area contributed by atoms with Gasteiger partial charge in [0.2, 0.25) is 5.95 Å². The summed E-state index contributed by atoms with van der Waals surface area (Å²) in [5.41, 5.74) is 4.61. The highest BCUT2D eigenvalue weighted by Gasteiger charge is 2.08. The summed E-state index contributed by atoms with van der Waals surface area (Å²) in [6.07, 6.45) is 6.54. The minimum atomic E-state index is 0.402. The molecule has 2 aromatic carbocycles. The van der Waals surface area contributed by atoms with Crippen LogP contribution in [0.4, 0.5) is 11.6 Å². The van der Waals surface area contributed by atoms with Crippen molar-refractivity contribution in [1.29, 1.82) is 0 Å². The predicted molar refractivity (Wildman–Crippen MR) is 126 cm³/mol. The zero-order valence-electron chi connectivity index (χ0n) is 18.4. The lowest BCUT2D eigenvalue weighted by atomic mass is 10.1. The highest BCUT2D eigenvalue weighted by molar-refractivity contribution is 5.81. The number of hydrogen-bond donors (Lipinski definition) is 1. The maximum atomic E-state index is 5.90. The minimum Gasteiger partial charge on any atom is -0.494 e. The Morgan fingerprint density at radius 1 is 1.09 bits per heavy atom. The first-order chi connectivity index (χ1) is 15.6. The molecule has 0 aliphatic rings. The Balaban J connectivity index is 1.62. The van der Waals surface area contributed by atoms with Gasteiger partial charge in [-0.3, -0.25) is 4.68 Å². The van der Waals surface area contributed by atoms with E-state index in [0.29, 0.717) is 19.2 Å². The number of ether oxygens (including phenoxy) is 2. The number of aryl methyl sites for hydroxylation is 1. The topological polar surface area (TPSA) is 74.1 Å². The molecule has 0 amide bonds. The van der Waals surface area contributed by atoms with E-state index in [1.807, 2.05) is 55.8 Å². The third-order valence-electron chi connectivity index (χ3n) is 4.70. The van der Waals surface area contributed by atoms with Crippen molar-refractivity contribution in [2.45, 2.75) is 13.3 Å².